The Bertz CT molecular complexity index is 1280. The maximum atomic E-state index is 13.7. The van der Waals surface area contributed by atoms with Crippen molar-refractivity contribution in [3.63, 3.8) is 0 Å². The molecule has 4 nitrogen and oxygen atoms in total. The third kappa shape index (κ3) is 4.03. The fourth-order valence-corrected chi connectivity index (χ4v) is 4.90. The highest BCUT2D eigenvalue weighted by Crippen LogP contribution is 2.46. The van der Waals surface area contributed by atoms with Crippen molar-refractivity contribution in [2.24, 2.45) is 0 Å². The molecular weight excluding hydrogens is 415 g/mol. The molecule has 5 rings (SSSR count). The van der Waals surface area contributed by atoms with Crippen LogP contribution < -0.4 is 4.74 Å². The van der Waals surface area contributed by atoms with Crippen molar-refractivity contribution in [2.45, 2.75) is 25.0 Å². The molecule has 33 heavy (non-hydrogen) atoms. The molecule has 3 aromatic carbocycles. The number of H-pyrrole nitrogens is 1. The Labute approximate surface area is 194 Å². The van der Waals surface area contributed by atoms with Crippen LogP contribution in [-0.2, 0) is 16.9 Å². The largest absolute Gasteiger partial charge is 0.497 e. The monoisotopic (exact) mass is 444 g/mol. The number of aromatic nitrogens is 1. The third-order valence-corrected chi connectivity index (χ3v) is 6.60. The maximum Gasteiger partial charge on any atom is 0.123 e. The molecule has 170 valence electrons. The second-order valence-corrected chi connectivity index (χ2v) is 9.04. The van der Waals surface area contributed by atoms with Crippen LogP contribution in [0.4, 0.5) is 4.39 Å². The molecule has 0 fully saturated rings. The minimum atomic E-state index is -0.550. The van der Waals surface area contributed by atoms with Gasteiger partial charge in [-0.1, -0.05) is 24.3 Å². The number of benzene rings is 3. The lowest BCUT2D eigenvalue weighted by molar-refractivity contribution is -0.0140. The summed E-state index contributed by atoms with van der Waals surface area (Å²) in [5, 5.41) is 1.12. The van der Waals surface area contributed by atoms with Crippen molar-refractivity contribution in [3.8, 4) is 17.0 Å². The molecule has 5 heteroatoms. The van der Waals surface area contributed by atoms with Gasteiger partial charge in [0.25, 0.3) is 0 Å². The quantitative estimate of drug-likeness (QED) is 0.374. The van der Waals surface area contributed by atoms with E-state index in [1.54, 1.807) is 7.11 Å². The number of fused-ring (bicyclic) bond motifs is 2. The minimum absolute atomic E-state index is 0.230. The number of methoxy groups -OCH3 is 1. The van der Waals surface area contributed by atoms with Crippen LogP contribution in [0.25, 0.3) is 22.2 Å². The first-order valence-corrected chi connectivity index (χ1v) is 11.3. The van der Waals surface area contributed by atoms with Crippen LogP contribution in [0.1, 0.15) is 29.5 Å². The number of hydrogen-bond acceptors (Lipinski definition) is 3. The minimum Gasteiger partial charge on any atom is -0.497 e. The molecule has 0 saturated heterocycles. The number of aromatic amines is 1. The van der Waals surface area contributed by atoms with E-state index in [1.807, 2.05) is 30.3 Å². The molecule has 4 aromatic rings. The second kappa shape index (κ2) is 8.65. The van der Waals surface area contributed by atoms with Gasteiger partial charge in [0.05, 0.1) is 13.7 Å². The number of hydrogen-bond donors (Lipinski definition) is 1. The Morgan fingerprint density at radius 3 is 2.61 bits per heavy atom. The van der Waals surface area contributed by atoms with Crippen molar-refractivity contribution < 1.29 is 13.9 Å². The van der Waals surface area contributed by atoms with E-state index in [4.69, 9.17) is 9.47 Å². The standard InChI is InChI=1S/C28H29FN2O2/c1-31(2)14-4-13-28(22-6-8-23(29)9-7-22)25-11-5-19(15-21(25)18-33-28)27-17-20-16-24(32-3)10-12-26(20)30-27/h5-12,15-17,30H,4,13-14,18H2,1-3H3. The average molecular weight is 445 g/mol. The zero-order chi connectivity index (χ0) is 23.0. The van der Waals surface area contributed by atoms with Gasteiger partial charge in [-0.2, -0.15) is 0 Å². The van der Waals surface area contributed by atoms with Crippen LogP contribution in [0.3, 0.4) is 0 Å². The van der Waals surface area contributed by atoms with Crippen molar-refractivity contribution in [3.05, 3.63) is 89.2 Å². The van der Waals surface area contributed by atoms with Gasteiger partial charge in [0.15, 0.2) is 0 Å². The van der Waals surface area contributed by atoms with E-state index in [2.05, 4.69) is 48.2 Å². The predicted octanol–water partition coefficient (Wildman–Crippen LogP) is 6.10. The summed E-state index contributed by atoms with van der Waals surface area (Å²) in [5.74, 6) is 0.614. The maximum absolute atomic E-state index is 13.7. The summed E-state index contributed by atoms with van der Waals surface area (Å²) in [7, 11) is 5.84. The van der Waals surface area contributed by atoms with Crippen molar-refractivity contribution in [2.75, 3.05) is 27.7 Å². The van der Waals surface area contributed by atoms with E-state index in [1.165, 1.54) is 23.3 Å². The Hall–Kier alpha value is -3.15. The van der Waals surface area contributed by atoms with E-state index < -0.39 is 5.60 Å². The Morgan fingerprint density at radius 2 is 1.85 bits per heavy atom. The van der Waals surface area contributed by atoms with Gasteiger partial charge in [-0.05, 0) is 98.2 Å². The van der Waals surface area contributed by atoms with E-state index in [0.29, 0.717) is 6.61 Å². The van der Waals surface area contributed by atoms with E-state index in [-0.39, 0.29) is 5.82 Å². The predicted molar refractivity (Wildman–Crippen MR) is 130 cm³/mol. The third-order valence-electron chi connectivity index (χ3n) is 6.60. The van der Waals surface area contributed by atoms with E-state index in [9.17, 15) is 4.39 Å². The number of halogens is 1. The van der Waals surface area contributed by atoms with Gasteiger partial charge in [0.2, 0.25) is 0 Å². The molecule has 1 aromatic heterocycles. The molecule has 0 radical (unpaired) electrons. The summed E-state index contributed by atoms with van der Waals surface area (Å²) < 4.78 is 25.6. The molecule has 1 atom stereocenters. The molecule has 0 amide bonds. The summed E-state index contributed by atoms with van der Waals surface area (Å²) >= 11 is 0. The lowest BCUT2D eigenvalue weighted by Gasteiger charge is -2.31. The molecule has 1 aliphatic rings. The molecule has 1 aliphatic heterocycles. The van der Waals surface area contributed by atoms with Gasteiger partial charge in [0, 0.05) is 16.6 Å². The smallest absolute Gasteiger partial charge is 0.123 e. The van der Waals surface area contributed by atoms with Crippen LogP contribution in [0.2, 0.25) is 0 Å². The first-order valence-electron chi connectivity index (χ1n) is 11.3. The highest BCUT2D eigenvalue weighted by molar-refractivity contribution is 5.87. The molecule has 1 N–H and O–H groups in total. The Balaban J connectivity index is 1.52. The van der Waals surface area contributed by atoms with Gasteiger partial charge in [-0.3, -0.25) is 0 Å². The second-order valence-electron chi connectivity index (χ2n) is 9.04. The lowest BCUT2D eigenvalue weighted by atomic mass is 9.81. The number of ether oxygens (including phenoxy) is 2. The molecular formula is C28H29FN2O2. The topological polar surface area (TPSA) is 37.5 Å². The van der Waals surface area contributed by atoms with Crippen LogP contribution >= 0.6 is 0 Å². The molecule has 0 saturated carbocycles. The van der Waals surface area contributed by atoms with Gasteiger partial charge < -0.3 is 19.4 Å². The zero-order valence-corrected chi connectivity index (χ0v) is 19.3. The molecule has 0 bridgehead atoms. The molecule has 2 heterocycles. The van der Waals surface area contributed by atoms with Gasteiger partial charge in [0.1, 0.15) is 17.2 Å². The van der Waals surface area contributed by atoms with E-state index in [0.717, 1.165) is 52.9 Å². The molecule has 1 unspecified atom stereocenters. The highest BCUT2D eigenvalue weighted by atomic mass is 19.1. The number of nitrogens with one attached hydrogen (secondary N) is 1. The summed E-state index contributed by atoms with van der Waals surface area (Å²) in [6.45, 7) is 1.51. The molecule has 0 aliphatic carbocycles. The first kappa shape index (κ1) is 21.7. The van der Waals surface area contributed by atoms with Crippen molar-refractivity contribution >= 4 is 10.9 Å². The zero-order valence-electron chi connectivity index (χ0n) is 19.3. The van der Waals surface area contributed by atoms with Crippen LogP contribution in [0, 0.1) is 5.82 Å². The average Bonchev–Trinajstić information content (AvgIpc) is 3.41. The fourth-order valence-electron chi connectivity index (χ4n) is 4.90. The SMILES string of the molecule is COc1ccc2[nH]c(-c3ccc4c(c3)COC4(CCCN(C)C)c3ccc(F)cc3)cc2c1. The summed E-state index contributed by atoms with van der Waals surface area (Å²) in [6, 6.07) is 21.5. The van der Waals surface area contributed by atoms with Crippen LogP contribution in [0.15, 0.2) is 66.7 Å². The fraction of sp³-hybridized carbons (Fsp3) is 0.286. The number of nitrogens with zero attached hydrogens (tertiary/aromatic N) is 1. The van der Waals surface area contributed by atoms with Crippen LogP contribution in [0.5, 0.6) is 5.75 Å². The number of rotatable bonds is 7. The van der Waals surface area contributed by atoms with E-state index >= 15 is 0 Å². The first-order chi connectivity index (χ1) is 16.0. The van der Waals surface area contributed by atoms with Crippen LogP contribution in [-0.4, -0.2) is 37.6 Å². The summed E-state index contributed by atoms with van der Waals surface area (Å²) in [6.07, 6.45) is 1.82. The highest BCUT2D eigenvalue weighted by Gasteiger charge is 2.41. The van der Waals surface area contributed by atoms with Crippen molar-refractivity contribution in [1.29, 1.82) is 0 Å². The summed E-state index contributed by atoms with van der Waals surface area (Å²) in [4.78, 5) is 5.70. The Morgan fingerprint density at radius 1 is 1.03 bits per heavy atom. The summed E-state index contributed by atoms with van der Waals surface area (Å²) in [5.41, 5.74) is 6.07. The normalized spacial score (nSPS) is 17.6. The Kier molecular flexibility index (Phi) is 5.69. The van der Waals surface area contributed by atoms with Gasteiger partial charge >= 0.3 is 0 Å². The van der Waals surface area contributed by atoms with Gasteiger partial charge in [-0.15, -0.1) is 0 Å². The lowest BCUT2D eigenvalue weighted by Crippen LogP contribution is -2.28. The molecule has 0 spiro atoms. The van der Waals surface area contributed by atoms with Gasteiger partial charge in [-0.25, -0.2) is 4.39 Å². The van der Waals surface area contributed by atoms with Crippen molar-refractivity contribution in [1.82, 2.24) is 9.88 Å².